The molecular weight excluding hydrogens is 232 g/mol. The largest absolute Gasteiger partial charge is 0.461 e. The highest BCUT2D eigenvalue weighted by atomic mass is 16.5. The van der Waals surface area contributed by atoms with E-state index in [1.54, 1.807) is 0 Å². The molecule has 1 aromatic rings. The third kappa shape index (κ3) is 3.06. The van der Waals surface area contributed by atoms with Crippen LogP contribution < -0.4 is 5.56 Å². The van der Waals surface area contributed by atoms with Crippen molar-refractivity contribution in [2.45, 2.75) is 19.3 Å². The minimum absolute atomic E-state index is 0.170. The van der Waals surface area contributed by atoms with Crippen molar-refractivity contribution in [1.82, 2.24) is 9.78 Å². The number of rotatable bonds is 3. The van der Waals surface area contributed by atoms with Crippen LogP contribution in [0.25, 0.3) is 0 Å². The second kappa shape index (κ2) is 5.62. The molecule has 0 saturated carbocycles. The van der Waals surface area contributed by atoms with Gasteiger partial charge in [-0.3, -0.25) is 4.79 Å². The highest BCUT2D eigenvalue weighted by molar-refractivity contribution is 5.86. The molecule has 0 amide bonds. The molecule has 1 heterocycles. The van der Waals surface area contributed by atoms with E-state index in [0.29, 0.717) is 12.5 Å². The number of ether oxygens (including phenoxy) is 1. The highest BCUT2D eigenvalue weighted by Gasteiger charge is 2.15. The first-order chi connectivity index (χ1) is 8.66. The fraction of sp³-hybridized carbons (Fsp3) is 0.462. The Balaban J connectivity index is 1.93. The van der Waals surface area contributed by atoms with Crippen LogP contribution in [0.3, 0.4) is 0 Å². The van der Waals surface area contributed by atoms with Crippen LogP contribution in [0.15, 0.2) is 29.1 Å². The molecule has 2 rings (SSSR count). The summed E-state index contributed by atoms with van der Waals surface area (Å²) in [4.78, 5) is 22.9. The second-order valence-electron chi connectivity index (χ2n) is 4.43. The van der Waals surface area contributed by atoms with Gasteiger partial charge in [0.1, 0.15) is 0 Å². The van der Waals surface area contributed by atoms with E-state index in [0.717, 1.165) is 23.9 Å². The summed E-state index contributed by atoms with van der Waals surface area (Å²) in [6.45, 7) is 0.410. The molecule has 5 nitrogen and oxygen atoms in total. The van der Waals surface area contributed by atoms with Gasteiger partial charge in [-0.2, -0.15) is 5.10 Å². The van der Waals surface area contributed by atoms with E-state index in [1.165, 1.54) is 19.2 Å². The second-order valence-corrected chi connectivity index (χ2v) is 4.43. The lowest BCUT2D eigenvalue weighted by Crippen LogP contribution is -2.23. The van der Waals surface area contributed by atoms with E-state index in [2.05, 4.69) is 17.3 Å². The molecule has 1 aliphatic carbocycles. The number of hydrogen-bond donors (Lipinski definition) is 0. The molecule has 0 spiro atoms. The van der Waals surface area contributed by atoms with Gasteiger partial charge >= 0.3 is 5.97 Å². The smallest absolute Gasteiger partial charge is 0.358 e. The Morgan fingerprint density at radius 1 is 1.50 bits per heavy atom. The lowest BCUT2D eigenvalue weighted by molar-refractivity contribution is 0.0422. The number of esters is 1. The Labute approximate surface area is 105 Å². The molecule has 0 N–H and O–H groups in total. The molecule has 1 aromatic heterocycles. The van der Waals surface area contributed by atoms with Crippen molar-refractivity contribution >= 4 is 5.97 Å². The predicted octanol–water partition coefficient (Wildman–Crippen LogP) is 1.29. The third-order valence-corrected chi connectivity index (χ3v) is 3.00. The summed E-state index contributed by atoms with van der Waals surface area (Å²) < 4.78 is 6.34. The molecule has 18 heavy (non-hydrogen) atoms. The molecule has 1 aliphatic rings. The van der Waals surface area contributed by atoms with Gasteiger partial charge in [-0.15, -0.1) is 0 Å². The summed E-state index contributed by atoms with van der Waals surface area (Å²) >= 11 is 0. The van der Waals surface area contributed by atoms with Crippen LogP contribution in [-0.4, -0.2) is 22.4 Å². The summed E-state index contributed by atoms with van der Waals surface area (Å²) in [5.41, 5.74) is -0.0765. The number of hydrogen-bond acceptors (Lipinski definition) is 4. The van der Waals surface area contributed by atoms with E-state index in [-0.39, 0.29) is 11.3 Å². The van der Waals surface area contributed by atoms with Gasteiger partial charge in [0, 0.05) is 13.1 Å². The molecule has 0 unspecified atom stereocenters. The fourth-order valence-electron chi connectivity index (χ4n) is 1.89. The van der Waals surface area contributed by atoms with E-state index in [4.69, 9.17) is 4.74 Å². The van der Waals surface area contributed by atoms with Gasteiger partial charge in [0.25, 0.3) is 5.56 Å². The first kappa shape index (κ1) is 12.5. The van der Waals surface area contributed by atoms with Crippen molar-refractivity contribution in [3.63, 3.8) is 0 Å². The fourth-order valence-corrected chi connectivity index (χ4v) is 1.89. The standard InChI is InChI=1S/C13H16N2O3/c1-15-12(16)8-7-11(14-15)13(17)18-9-10-5-3-2-4-6-10/h2-3,7-8,10H,4-6,9H2,1H3/t10-/m0/s1. The lowest BCUT2D eigenvalue weighted by Gasteiger charge is -2.17. The summed E-state index contributed by atoms with van der Waals surface area (Å²) in [7, 11) is 1.51. The van der Waals surface area contributed by atoms with E-state index in [1.807, 2.05) is 0 Å². The van der Waals surface area contributed by atoms with Gasteiger partial charge in [0.05, 0.1) is 6.61 Å². The predicted molar refractivity (Wildman–Crippen MR) is 66.2 cm³/mol. The van der Waals surface area contributed by atoms with Crippen LogP contribution >= 0.6 is 0 Å². The molecule has 0 radical (unpaired) electrons. The van der Waals surface area contributed by atoms with Crippen molar-refractivity contribution in [3.05, 3.63) is 40.3 Å². The number of aryl methyl sites for hydroxylation is 1. The Morgan fingerprint density at radius 3 is 3.00 bits per heavy atom. The minimum atomic E-state index is -0.472. The SMILES string of the molecule is Cn1nc(C(=O)OC[C@H]2CC=CCC2)ccc1=O. The Kier molecular flexibility index (Phi) is 3.92. The molecule has 0 bridgehead atoms. The van der Waals surface area contributed by atoms with Crippen molar-refractivity contribution in [2.75, 3.05) is 6.61 Å². The Bertz CT molecular complexity index is 519. The maximum atomic E-state index is 11.7. The monoisotopic (exact) mass is 248 g/mol. The number of carbonyl (C=O) groups is 1. The normalized spacial score (nSPS) is 18.6. The highest BCUT2D eigenvalue weighted by Crippen LogP contribution is 2.18. The topological polar surface area (TPSA) is 61.2 Å². The number of aromatic nitrogens is 2. The third-order valence-electron chi connectivity index (χ3n) is 3.00. The minimum Gasteiger partial charge on any atom is -0.461 e. The average molecular weight is 248 g/mol. The molecule has 0 fully saturated rings. The molecule has 5 heteroatoms. The van der Waals surface area contributed by atoms with Gasteiger partial charge in [-0.05, 0) is 31.2 Å². The van der Waals surface area contributed by atoms with E-state index >= 15 is 0 Å². The van der Waals surface area contributed by atoms with Crippen LogP contribution in [0, 0.1) is 5.92 Å². The molecule has 96 valence electrons. The van der Waals surface area contributed by atoms with Gasteiger partial charge in [-0.25, -0.2) is 9.48 Å². The van der Waals surface area contributed by atoms with Gasteiger partial charge < -0.3 is 4.74 Å². The molecule has 0 saturated heterocycles. The number of allylic oxidation sites excluding steroid dienone is 2. The van der Waals surface area contributed by atoms with Crippen molar-refractivity contribution in [2.24, 2.45) is 13.0 Å². The van der Waals surface area contributed by atoms with Crippen molar-refractivity contribution < 1.29 is 9.53 Å². The van der Waals surface area contributed by atoms with Crippen molar-refractivity contribution in [3.8, 4) is 0 Å². The van der Waals surface area contributed by atoms with Gasteiger partial charge in [-0.1, -0.05) is 12.2 Å². The summed E-state index contributed by atoms with van der Waals surface area (Å²) in [5, 5.41) is 3.85. The molecular formula is C13H16N2O3. The zero-order valence-electron chi connectivity index (χ0n) is 10.3. The van der Waals surface area contributed by atoms with E-state index in [9.17, 15) is 9.59 Å². The van der Waals surface area contributed by atoms with Gasteiger partial charge in [0.15, 0.2) is 5.69 Å². The van der Waals surface area contributed by atoms with Crippen LogP contribution in [0.2, 0.25) is 0 Å². The first-order valence-corrected chi connectivity index (χ1v) is 6.03. The van der Waals surface area contributed by atoms with Crippen LogP contribution in [0.1, 0.15) is 29.8 Å². The maximum Gasteiger partial charge on any atom is 0.358 e. The van der Waals surface area contributed by atoms with Crippen LogP contribution in [0.4, 0.5) is 0 Å². The Hall–Kier alpha value is -1.91. The lowest BCUT2D eigenvalue weighted by atomic mass is 9.95. The zero-order chi connectivity index (χ0) is 13.0. The Morgan fingerprint density at radius 2 is 2.33 bits per heavy atom. The number of nitrogens with zero attached hydrogens (tertiary/aromatic N) is 2. The zero-order valence-corrected chi connectivity index (χ0v) is 10.3. The number of carbonyl (C=O) groups excluding carboxylic acids is 1. The maximum absolute atomic E-state index is 11.7. The van der Waals surface area contributed by atoms with Crippen molar-refractivity contribution in [1.29, 1.82) is 0 Å². The summed E-state index contributed by atoms with van der Waals surface area (Å²) in [5.74, 6) is -0.0772. The summed E-state index contributed by atoms with van der Waals surface area (Å²) in [6.07, 6.45) is 7.30. The molecule has 0 aliphatic heterocycles. The quantitative estimate of drug-likeness (QED) is 0.597. The molecule has 1 atom stereocenters. The molecule has 0 aromatic carbocycles. The summed E-state index contributed by atoms with van der Waals surface area (Å²) in [6, 6.07) is 2.71. The average Bonchev–Trinajstić information content (AvgIpc) is 2.40. The van der Waals surface area contributed by atoms with Crippen LogP contribution in [0.5, 0.6) is 0 Å². The van der Waals surface area contributed by atoms with Gasteiger partial charge in [0.2, 0.25) is 0 Å². The first-order valence-electron chi connectivity index (χ1n) is 6.03. The van der Waals surface area contributed by atoms with Crippen LogP contribution in [-0.2, 0) is 11.8 Å². The van der Waals surface area contributed by atoms with E-state index < -0.39 is 5.97 Å².